The van der Waals surface area contributed by atoms with Crippen LogP contribution in [0.15, 0.2) is 0 Å². The molecule has 2 atom stereocenters. The van der Waals surface area contributed by atoms with Crippen LogP contribution >= 0.6 is 0 Å². The highest BCUT2D eigenvalue weighted by molar-refractivity contribution is 5.85. The van der Waals surface area contributed by atoms with Gasteiger partial charge in [-0.15, -0.1) is 0 Å². The fourth-order valence-electron chi connectivity index (χ4n) is 3.79. The second kappa shape index (κ2) is 4.60. The van der Waals surface area contributed by atoms with Crippen molar-refractivity contribution in [2.24, 2.45) is 11.3 Å². The average Bonchev–Trinajstić information content (AvgIpc) is 2.47. The number of rotatable bonds is 2. The summed E-state index contributed by atoms with van der Waals surface area (Å²) in [5, 5.41) is 0. The lowest BCUT2D eigenvalue weighted by molar-refractivity contribution is -0.139. The van der Waals surface area contributed by atoms with E-state index in [9.17, 15) is 4.79 Å². The van der Waals surface area contributed by atoms with Gasteiger partial charge in [0.05, 0.1) is 0 Å². The number of ether oxygens (including phenoxy) is 1. The Balaban J connectivity index is 2.20. The Kier molecular flexibility index (Phi) is 3.48. The standard InChI is InChI=1S/C14H25NO2/c1-5-12-10(2)15(13(16)14(12,3)4)11-6-8-17-9-7-11/h10-12H,5-9H2,1-4H3. The molecule has 0 aromatic carbocycles. The van der Waals surface area contributed by atoms with Crippen LogP contribution in [0.4, 0.5) is 0 Å². The van der Waals surface area contributed by atoms with E-state index in [1.165, 1.54) is 0 Å². The van der Waals surface area contributed by atoms with E-state index in [1.807, 2.05) is 0 Å². The van der Waals surface area contributed by atoms with E-state index in [0.717, 1.165) is 32.5 Å². The minimum Gasteiger partial charge on any atom is -0.381 e. The topological polar surface area (TPSA) is 29.5 Å². The van der Waals surface area contributed by atoms with Gasteiger partial charge < -0.3 is 9.64 Å². The summed E-state index contributed by atoms with van der Waals surface area (Å²) in [5.74, 6) is 0.835. The summed E-state index contributed by atoms with van der Waals surface area (Å²) in [6.07, 6.45) is 3.09. The fraction of sp³-hybridized carbons (Fsp3) is 0.929. The van der Waals surface area contributed by atoms with E-state index in [2.05, 4.69) is 32.6 Å². The van der Waals surface area contributed by atoms with Gasteiger partial charge in [0, 0.05) is 30.7 Å². The van der Waals surface area contributed by atoms with Crippen LogP contribution in [0.1, 0.15) is 47.0 Å². The lowest BCUT2D eigenvalue weighted by Gasteiger charge is -2.35. The van der Waals surface area contributed by atoms with Crippen molar-refractivity contribution in [2.75, 3.05) is 13.2 Å². The fourth-order valence-corrected chi connectivity index (χ4v) is 3.79. The molecule has 0 radical (unpaired) electrons. The first-order valence-electron chi connectivity index (χ1n) is 6.90. The number of nitrogens with zero attached hydrogens (tertiary/aromatic N) is 1. The number of carbonyl (C=O) groups is 1. The first kappa shape index (κ1) is 12.9. The van der Waals surface area contributed by atoms with Gasteiger partial charge in [0.25, 0.3) is 0 Å². The Morgan fingerprint density at radius 3 is 2.41 bits per heavy atom. The van der Waals surface area contributed by atoms with Crippen molar-refractivity contribution < 1.29 is 9.53 Å². The number of hydrogen-bond donors (Lipinski definition) is 0. The van der Waals surface area contributed by atoms with Crippen LogP contribution in [0, 0.1) is 11.3 Å². The Morgan fingerprint density at radius 2 is 1.94 bits per heavy atom. The summed E-state index contributed by atoms with van der Waals surface area (Å²) >= 11 is 0. The van der Waals surface area contributed by atoms with Crippen LogP contribution in [0.25, 0.3) is 0 Å². The second-order valence-electron chi connectivity index (χ2n) is 6.03. The van der Waals surface area contributed by atoms with E-state index in [-0.39, 0.29) is 5.41 Å². The normalized spacial score (nSPS) is 34.4. The molecule has 0 aromatic rings. The highest BCUT2D eigenvalue weighted by Gasteiger charge is 2.52. The highest BCUT2D eigenvalue weighted by Crippen LogP contribution is 2.44. The van der Waals surface area contributed by atoms with Crippen molar-refractivity contribution in [3.05, 3.63) is 0 Å². The molecule has 2 heterocycles. The summed E-state index contributed by atoms with van der Waals surface area (Å²) < 4.78 is 5.40. The third-order valence-corrected chi connectivity index (χ3v) is 4.76. The summed E-state index contributed by atoms with van der Waals surface area (Å²) in [5.41, 5.74) is -0.188. The van der Waals surface area contributed by atoms with Crippen molar-refractivity contribution in [3.8, 4) is 0 Å². The molecule has 2 aliphatic heterocycles. The second-order valence-corrected chi connectivity index (χ2v) is 6.03. The van der Waals surface area contributed by atoms with Gasteiger partial charge in [0.1, 0.15) is 0 Å². The summed E-state index contributed by atoms with van der Waals surface area (Å²) in [6, 6.07) is 0.785. The van der Waals surface area contributed by atoms with Gasteiger partial charge in [-0.25, -0.2) is 0 Å². The van der Waals surface area contributed by atoms with Gasteiger partial charge >= 0.3 is 0 Å². The molecule has 98 valence electrons. The summed E-state index contributed by atoms with van der Waals surface area (Å²) in [6.45, 7) is 10.2. The molecular weight excluding hydrogens is 214 g/mol. The molecule has 0 bridgehead atoms. The summed E-state index contributed by atoms with van der Waals surface area (Å²) in [4.78, 5) is 14.8. The molecule has 2 aliphatic rings. The predicted octanol–water partition coefficient (Wildman–Crippen LogP) is 2.45. The molecule has 3 heteroatoms. The molecule has 2 saturated heterocycles. The Labute approximate surface area is 105 Å². The van der Waals surface area contributed by atoms with Crippen molar-refractivity contribution >= 4 is 5.91 Å². The predicted molar refractivity (Wildman–Crippen MR) is 67.7 cm³/mol. The van der Waals surface area contributed by atoms with E-state index in [0.29, 0.717) is 23.9 Å². The molecular formula is C14H25NO2. The largest absolute Gasteiger partial charge is 0.381 e. The quantitative estimate of drug-likeness (QED) is 0.741. The van der Waals surface area contributed by atoms with Gasteiger partial charge in [0.2, 0.25) is 5.91 Å². The maximum atomic E-state index is 12.6. The van der Waals surface area contributed by atoms with Crippen molar-refractivity contribution in [2.45, 2.75) is 59.0 Å². The molecule has 2 rings (SSSR count). The number of amides is 1. The van der Waals surface area contributed by atoms with Crippen molar-refractivity contribution in [3.63, 3.8) is 0 Å². The first-order valence-corrected chi connectivity index (χ1v) is 6.90. The van der Waals surface area contributed by atoms with Crippen LogP contribution in [0.3, 0.4) is 0 Å². The molecule has 1 amide bonds. The van der Waals surface area contributed by atoms with Crippen LogP contribution in [0.5, 0.6) is 0 Å². The first-order chi connectivity index (χ1) is 8.00. The third kappa shape index (κ3) is 1.99. The van der Waals surface area contributed by atoms with E-state index in [1.54, 1.807) is 0 Å². The Hall–Kier alpha value is -0.570. The lowest BCUT2D eigenvalue weighted by atomic mass is 9.77. The van der Waals surface area contributed by atoms with Gasteiger partial charge in [0.15, 0.2) is 0 Å². The van der Waals surface area contributed by atoms with Crippen LogP contribution < -0.4 is 0 Å². The smallest absolute Gasteiger partial charge is 0.229 e. The van der Waals surface area contributed by atoms with Crippen LogP contribution in [0.2, 0.25) is 0 Å². The molecule has 0 N–H and O–H groups in total. The molecule has 0 aliphatic carbocycles. The van der Waals surface area contributed by atoms with Gasteiger partial charge in [-0.3, -0.25) is 4.79 Å². The highest BCUT2D eigenvalue weighted by atomic mass is 16.5. The zero-order valence-electron chi connectivity index (χ0n) is 11.5. The lowest BCUT2D eigenvalue weighted by Crippen LogP contribution is -2.45. The molecule has 0 saturated carbocycles. The average molecular weight is 239 g/mol. The maximum absolute atomic E-state index is 12.6. The zero-order chi connectivity index (χ0) is 12.6. The van der Waals surface area contributed by atoms with E-state index >= 15 is 0 Å². The number of hydrogen-bond acceptors (Lipinski definition) is 2. The number of carbonyl (C=O) groups excluding carboxylic acids is 1. The van der Waals surface area contributed by atoms with Gasteiger partial charge in [-0.2, -0.15) is 0 Å². The van der Waals surface area contributed by atoms with Crippen LogP contribution in [-0.2, 0) is 9.53 Å². The molecule has 0 spiro atoms. The minimum atomic E-state index is -0.188. The Morgan fingerprint density at radius 1 is 1.35 bits per heavy atom. The van der Waals surface area contributed by atoms with Crippen LogP contribution in [-0.4, -0.2) is 36.1 Å². The minimum absolute atomic E-state index is 0.188. The molecule has 2 unspecified atom stereocenters. The maximum Gasteiger partial charge on any atom is 0.229 e. The van der Waals surface area contributed by atoms with Gasteiger partial charge in [-0.1, -0.05) is 27.2 Å². The van der Waals surface area contributed by atoms with E-state index in [4.69, 9.17) is 4.74 Å². The molecule has 2 fully saturated rings. The summed E-state index contributed by atoms with van der Waals surface area (Å²) in [7, 11) is 0. The molecule has 17 heavy (non-hydrogen) atoms. The number of likely N-dealkylation sites (tertiary alicyclic amines) is 1. The van der Waals surface area contributed by atoms with E-state index < -0.39 is 0 Å². The monoisotopic (exact) mass is 239 g/mol. The molecule has 3 nitrogen and oxygen atoms in total. The Bertz CT molecular complexity index is 295. The van der Waals surface area contributed by atoms with Crippen molar-refractivity contribution in [1.29, 1.82) is 0 Å². The van der Waals surface area contributed by atoms with Gasteiger partial charge in [-0.05, 0) is 25.7 Å². The van der Waals surface area contributed by atoms with Crippen molar-refractivity contribution in [1.82, 2.24) is 4.90 Å². The third-order valence-electron chi connectivity index (χ3n) is 4.76. The SMILES string of the molecule is CCC1C(C)N(C2CCOCC2)C(=O)C1(C)C. The molecule has 0 aromatic heterocycles. The zero-order valence-corrected chi connectivity index (χ0v) is 11.5.